The summed E-state index contributed by atoms with van der Waals surface area (Å²) in [5.41, 5.74) is 3.23. The highest BCUT2D eigenvalue weighted by Gasteiger charge is 2.25. The van der Waals surface area contributed by atoms with E-state index in [1.54, 1.807) is 17.5 Å². The van der Waals surface area contributed by atoms with Crippen LogP contribution in [0.15, 0.2) is 52.2 Å². The van der Waals surface area contributed by atoms with E-state index in [2.05, 4.69) is 20.3 Å². The van der Waals surface area contributed by atoms with Gasteiger partial charge in [0.1, 0.15) is 5.82 Å². The van der Waals surface area contributed by atoms with Gasteiger partial charge in [0.2, 0.25) is 5.91 Å². The fraction of sp³-hybridized carbons (Fsp3) is 0.238. The Balaban J connectivity index is 1.55. The molecule has 0 bridgehead atoms. The van der Waals surface area contributed by atoms with E-state index in [9.17, 15) is 17.6 Å². The number of nitrogens with zero attached hydrogens (tertiary/aromatic N) is 2. The van der Waals surface area contributed by atoms with E-state index in [-0.39, 0.29) is 33.5 Å². The lowest BCUT2D eigenvalue weighted by atomic mass is 10.2. The summed E-state index contributed by atoms with van der Waals surface area (Å²) in [7, 11) is -3.85. The van der Waals surface area contributed by atoms with Crippen LogP contribution in [0.25, 0.3) is 0 Å². The largest absolute Gasteiger partial charge is 0.368 e. The predicted molar refractivity (Wildman–Crippen MR) is 128 cm³/mol. The monoisotopic (exact) mass is 509 g/mol. The van der Waals surface area contributed by atoms with Gasteiger partial charge in [0.05, 0.1) is 32.5 Å². The average Bonchev–Trinajstić information content (AvgIpc) is 3.42. The molecule has 0 spiro atoms. The van der Waals surface area contributed by atoms with Crippen LogP contribution in [-0.4, -0.2) is 38.4 Å². The van der Waals surface area contributed by atoms with Gasteiger partial charge in [-0.05, 0) is 42.8 Å². The second kappa shape index (κ2) is 9.54. The SMILES string of the molecule is CC(=O)N[C@@H]1CCN(c2cc(F)ccc2Nc2ccc(S(=O)(=O)Nc3cscn3)cc2Cl)C1. The molecule has 33 heavy (non-hydrogen) atoms. The summed E-state index contributed by atoms with van der Waals surface area (Å²) >= 11 is 7.66. The van der Waals surface area contributed by atoms with E-state index in [0.717, 1.165) is 6.42 Å². The Morgan fingerprint density at radius 2 is 2.03 bits per heavy atom. The summed E-state index contributed by atoms with van der Waals surface area (Å²) in [6.07, 6.45) is 0.745. The lowest BCUT2D eigenvalue weighted by molar-refractivity contribution is -0.119. The Morgan fingerprint density at radius 1 is 1.24 bits per heavy atom. The van der Waals surface area contributed by atoms with Crippen molar-refractivity contribution in [2.75, 3.05) is 28.0 Å². The van der Waals surface area contributed by atoms with Crippen LogP contribution in [0.5, 0.6) is 0 Å². The quantitative estimate of drug-likeness (QED) is 0.441. The Bertz CT molecular complexity index is 1270. The third-order valence-corrected chi connectivity index (χ3v) is 7.34. The number of sulfonamides is 1. The van der Waals surface area contributed by atoms with Crippen molar-refractivity contribution in [1.29, 1.82) is 0 Å². The number of carbonyl (C=O) groups excluding carboxylic acids is 1. The molecule has 1 amide bonds. The average molecular weight is 510 g/mol. The molecule has 2 heterocycles. The zero-order valence-electron chi connectivity index (χ0n) is 17.5. The van der Waals surface area contributed by atoms with Crippen LogP contribution in [0.4, 0.5) is 27.3 Å². The molecule has 1 fully saturated rings. The highest BCUT2D eigenvalue weighted by molar-refractivity contribution is 7.92. The Kier molecular flexibility index (Phi) is 6.73. The Labute approximate surface area is 199 Å². The van der Waals surface area contributed by atoms with E-state index in [1.165, 1.54) is 48.0 Å². The Hall–Kier alpha value is -2.89. The molecule has 12 heteroatoms. The first-order valence-corrected chi connectivity index (χ1v) is 12.8. The number of anilines is 4. The standard InChI is InChI=1S/C21H21ClFN5O3S2/c1-13(29)25-15-6-7-28(10-15)20-8-14(23)2-4-19(20)26-18-5-3-16(9-17(18)22)33(30,31)27-21-11-32-12-24-21/h2-5,8-9,11-12,15,26-27H,6-7,10H2,1H3,(H,25,29)/t15-/m1/s1. The van der Waals surface area contributed by atoms with Crippen LogP contribution in [0.1, 0.15) is 13.3 Å². The van der Waals surface area contributed by atoms with Gasteiger partial charge in [-0.25, -0.2) is 17.8 Å². The van der Waals surface area contributed by atoms with E-state index in [4.69, 9.17) is 11.6 Å². The van der Waals surface area contributed by atoms with Crippen LogP contribution in [0, 0.1) is 5.82 Å². The number of nitrogens with one attached hydrogen (secondary N) is 3. The van der Waals surface area contributed by atoms with Crippen molar-refractivity contribution in [2.24, 2.45) is 0 Å². The third kappa shape index (κ3) is 5.55. The van der Waals surface area contributed by atoms with Crippen LogP contribution < -0.4 is 20.3 Å². The van der Waals surface area contributed by atoms with Crippen molar-refractivity contribution < 1.29 is 17.6 Å². The minimum absolute atomic E-state index is 0.0110. The fourth-order valence-corrected chi connectivity index (χ4v) is 5.50. The van der Waals surface area contributed by atoms with Crippen molar-refractivity contribution >= 4 is 61.7 Å². The number of aromatic nitrogens is 1. The number of hydrogen-bond donors (Lipinski definition) is 3. The number of benzene rings is 2. The maximum atomic E-state index is 14.0. The van der Waals surface area contributed by atoms with E-state index >= 15 is 0 Å². The molecule has 0 unspecified atom stereocenters. The Morgan fingerprint density at radius 3 is 2.73 bits per heavy atom. The molecule has 1 saturated heterocycles. The van der Waals surface area contributed by atoms with Crippen LogP contribution in [-0.2, 0) is 14.8 Å². The van der Waals surface area contributed by atoms with E-state index in [1.807, 2.05) is 4.90 Å². The summed E-state index contributed by atoms with van der Waals surface area (Å²) in [6, 6.07) is 8.65. The lowest BCUT2D eigenvalue weighted by Gasteiger charge is -2.23. The normalized spacial score (nSPS) is 16.0. The molecule has 8 nitrogen and oxygen atoms in total. The fourth-order valence-electron chi connectivity index (χ4n) is 3.63. The zero-order chi connectivity index (χ0) is 23.6. The summed E-state index contributed by atoms with van der Waals surface area (Å²) in [5, 5.41) is 7.83. The van der Waals surface area contributed by atoms with Gasteiger partial charge in [0.15, 0.2) is 5.82 Å². The lowest BCUT2D eigenvalue weighted by Crippen LogP contribution is -2.35. The number of thiazole rings is 1. The second-order valence-corrected chi connectivity index (χ2v) is 10.3. The molecule has 1 aliphatic heterocycles. The zero-order valence-corrected chi connectivity index (χ0v) is 19.9. The smallest absolute Gasteiger partial charge is 0.263 e. The molecule has 174 valence electrons. The first-order valence-electron chi connectivity index (χ1n) is 10.0. The van der Waals surface area contributed by atoms with Crippen LogP contribution >= 0.6 is 22.9 Å². The van der Waals surface area contributed by atoms with Crippen LogP contribution in [0.2, 0.25) is 5.02 Å². The molecule has 0 aliphatic carbocycles. The molecule has 1 atom stereocenters. The second-order valence-electron chi connectivity index (χ2n) is 7.54. The molecule has 3 N–H and O–H groups in total. The summed E-state index contributed by atoms with van der Waals surface area (Å²) in [5.74, 6) is -0.262. The number of rotatable bonds is 7. The number of amides is 1. The molecule has 1 aliphatic rings. The van der Waals surface area contributed by atoms with Crippen molar-refractivity contribution in [3.05, 3.63) is 58.1 Å². The third-order valence-electron chi connectivity index (χ3n) is 5.09. The van der Waals surface area contributed by atoms with Gasteiger partial charge in [-0.15, -0.1) is 11.3 Å². The number of hydrogen-bond acceptors (Lipinski definition) is 7. The van der Waals surface area contributed by atoms with Gasteiger partial charge in [-0.1, -0.05) is 11.6 Å². The molecular formula is C21H21ClFN5O3S2. The highest BCUT2D eigenvalue weighted by Crippen LogP contribution is 2.35. The molecule has 1 aromatic heterocycles. The predicted octanol–water partition coefficient (Wildman–Crippen LogP) is 4.19. The first kappa shape index (κ1) is 23.3. The van der Waals surface area contributed by atoms with Gasteiger partial charge in [0, 0.05) is 31.4 Å². The van der Waals surface area contributed by atoms with Crippen molar-refractivity contribution in [3.8, 4) is 0 Å². The number of halogens is 2. The van der Waals surface area contributed by atoms with E-state index in [0.29, 0.717) is 30.2 Å². The maximum absolute atomic E-state index is 14.0. The summed E-state index contributed by atoms with van der Waals surface area (Å²) < 4.78 is 41.6. The van der Waals surface area contributed by atoms with Gasteiger partial charge >= 0.3 is 0 Å². The minimum Gasteiger partial charge on any atom is -0.368 e. The van der Waals surface area contributed by atoms with Gasteiger partial charge in [0.25, 0.3) is 10.0 Å². The molecule has 2 aromatic carbocycles. The maximum Gasteiger partial charge on any atom is 0.263 e. The van der Waals surface area contributed by atoms with Crippen LogP contribution in [0.3, 0.4) is 0 Å². The minimum atomic E-state index is -3.85. The molecule has 3 aromatic rings. The molecular weight excluding hydrogens is 489 g/mol. The highest BCUT2D eigenvalue weighted by atomic mass is 35.5. The summed E-state index contributed by atoms with van der Waals surface area (Å²) in [6.45, 7) is 2.66. The van der Waals surface area contributed by atoms with E-state index < -0.39 is 10.0 Å². The van der Waals surface area contributed by atoms with Gasteiger partial charge in [-0.2, -0.15) is 0 Å². The van der Waals surface area contributed by atoms with Crippen molar-refractivity contribution in [2.45, 2.75) is 24.3 Å². The molecule has 0 saturated carbocycles. The first-order chi connectivity index (χ1) is 15.7. The van der Waals surface area contributed by atoms with Gasteiger partial charge in [-0.3, -0.25) is 9.52 Å². The molecule has 0 radical (unpaired) electrons. The summed E-state index contributed by atoms with van der Waals surface area (Å²) in [4.78, 5) is 17.3. The number of carbonyl (C=O) groups is 1. The topological polar surface area (TPSA) is 103 Å². The van der Waals surface area contributed by atoms with Gasteiger partial charge < -0.3 is 15.5 Å². The van der Waals surface area contributed by atoms with Crippen molar-refractivity contribution in [1.82, 2.24) is 10.3 Å². The molecule has 4 rings (SSSR count). The van der Waals surface area contributed by atoms with Crippen molar-refractivity contribution in [3.63, 3.8) is 0 Å².